The van der Waals surface area contributed by atoms with Crippen molar-refractivity contribution in [3.8, 4) is 11.4 Å². The molecule has 2 aromatic heterocycles. The minimum Gasteiger partial charge on any atom is -0.352 e. The first kappa shape index (κ1) is 25.7. The van der Waals surface area contributed by atoms with Crippen molar-refractivity contribution >= 4 is 23.5 Å². The molecule has 0 saturated carbocycles. The van der Waals surface area contributed by atoms with Gasteiger partial charge >= 0.3 is 6.18 Å². The highest BCUT2D eigenvalue weighted by Gasteiger charge is 2.46. The molecule has 1 fully saturated rings. The first-order valence-corrected chi connectivity index (χ1v) is 11.2. The molecule has 0 radical (unpaired) electrons. The zero-order valence-corrected chi connectivity index (χ0v) is 19.6. The SMILES string of the molecule is CC1CC(F)(F)CN(C(=O)c2cc(Cl)ccc2-c2ncccn2)[C@@H]1CNc1ncc(C(F)(F)F)cn1. The standard InChI is InChI=1S/C23H20ClF5N6O/c1-13-8-22(25,26)12-35(18(13)11-34-21-32-9-14(10-33-21)23(27,28)29)20(36)17-7-15(24)3-4-16(17)19-30-5-2-6-31-19/h2-7,9-10,13,18H,8,11-12H2,1H3,(H,32,33,34)/t13?,18-/m1/s1. The lowest BCUT2D eigenvalue weighted by Crippen LogP contribution is -2.57. The maximum atomic E-state index is 14.6. The van der Waals surface area contributed by atoms with Crippen LogP contribution in [-0.2, 0) is 6.18 Å². The Balaban J connectivity index is 1.63. The van der Waals surface area contributed by atoms with Gasteiger partial charge in [0.2, 0.25) is 5.95 Å². The molecule has 190 valence electrons. The molecule has 1 aromatic carbocycles. The van der Waals surface area contributed by atoms with Crippen LogP contribution in [0, 0.1) is 5.92 Å². The molecule has 1 aliphatic rings. The van der Waals surface area contributed by atoms with Crippen molar-refractivity contribution in [1.29, 1.82) is 0 Å². The van der Waals surface area contributed by atoms with Gasteiger partial charge in [0.15, 0.2) is 5.82 Å². The maximum absolute atomic E-state index is 14.6. The summed E-state index contributed by atoms with van der Waals surface area (Å²) in [4.78, 5) is 30.3. The number of nitrogens with zero attached hydrogens (tertiary/aromatic N) is 5. The summed E-state index contributed by atoms with van der Waals surface area (Å²) in [6.07, 6.45) is -0.856. The summed E-state index contributed by atoms with van der Waals surface area (Å²) in [5.74, 6) is -4.40. The molecule has 1 unspecified atom stereocenters. The summed E-state index contributed by atoms with van der Waals surface area (Å²) in [6, 6.07) is 5.31. The normalized spacial score (nSPS) is 19.7. The van der Waals surface area contributed by atoms with Gasteiger partial charge in [-0.3, -0.25) is 4.79 Å². The van der Waals surface area contributed by atoms with E-state index in [1.54, 1.807) is 25.1 Å². The van der Waals surface area contributed by atoms with E-state index in [1.807, 2.05) is 0 Å². The first-order valence-electron chi connectivity index (χ1n) is 10.8. The van der Waals surface area contributed by atoms with E-state index >= 15 is 0 Å². The number of amides is 1. The fourth-order valence-electron chi connectivity index (χ4n) is 4.12. The van der Waals surface area contributed by atoms with Gasteiger partial charge in [0.25, 0.3) is 11.8 Å². The number of likely N-dealkylation sites (tertiary alicyclic amines) is 1. The fourth-order valence-corrected chi connectivity index (χ4v) is 4.29. The molecule has 1 aliphatic heterocycles. The average Bonchev–Trinajstić information content (AvgIpc) is 2.82. The Morgan fingerprint density at radius 2 is 1.83 bits per heavy atom. The highest BCUT2D eigenvalue weighted by Crippen LogP contribution is 2.36. The Kier molecular flexibility index (Phi) is 7.07. The third-order valence-electron chi connectivity index (χ3n) is 5.81. The lowest BCUT2D eigenvalue weighted by atomic mass is 9.87. The monoisotopic (exact) mass is 526 g/mol. The predicted molar refractivity (Wildman–Crippen MR) is 122 cm³/mol. The van der Waals surface area contributed by atoms with Crippen molar-refractivity contribution in [2.45, 2.75) is 31.5 Å². The van der Waals surface area contributed by atoms with Gasteiger partial charge in [-0.05, 0) is 30.2 Å². The highest BCUT2D eigenvalue weighted by molar-refractivity contribution is 6.31. The van der Waals surface area contributed by atoms with Crippen LogP contribution >= 0.6 is 11.6 Å². The Labute approximate surface area is 207 Å². The molecule has 1 N–H and O–H groups in total. The van der Waals surface area contributed by atoms with E-state index < -0.39 is 48.5 Å². The molecule has 1 saturated heterocycles. The number of carbonyl (C=O) groups is 1. The molecule has 3 heterocycles. The molecule has 1 amide bonds. The number of benzene rings is 1. The molecule has 0 aliphatic carbocycles. The summed E-state index contributed by atoms with van der Waals surface area (Å²) in [5, 5.41) is 2.99. The summed E-state index contributed by atoms with van der Waals surface area (Å²) in [5.41, 5.74) is -0.647. The molecule has 13 heteroatoms. The van der Waals surface area contributed by atoms with E-state index in [0.717, 1.165) is 4.90 Å². The zero-order chi connectivity index (χ0) is 26.1. The quantitative estimate of drug-likeness (QED) is 0.460. The van der Waals surface area contributed by atoms with Gasteiger partial charge in [0.1, 0.15) is 0 Å². The fraction of sp³-hybridized carbons (Fsp3) is 0.348. The van der Waals surface area contributed by atoms with Gasteiger partial charge in [0.05, 0.1) is 23.7 Å². The minimum absolute atomic E-state index is 0.0504. The Bertz CT molecular complexity index is 1230. The van der Waals surface area contributed by atoms with E-state index in [9.17, 15) is 26.7 Å². The minimum atomic E-state index is -4.59. The number of anilines is 1. The van der Waals surface area contributed by atoms with Crippen LogP contribution in [0.15, 0.2) is 49.1 Å². The van der Waals surface area contributed by atoms with Crippen LogP contribution in [0.4, 0.5) is 27.9 Å². The molecule has 0 spiro atoms. The molecular formula is C23H20ClF5N6O. The van der Waals surface area contributed by atoms with Crippen LogP contribution in [-0.4, -0.2) is 55.8 Å². The Morgan fingerprint density at radius 1 is 1.17 bits per heavy atom. The van der Waals surface area contributed by atoms with E-state index in [1.165, 1.54) is 18.5 Å². The van der Waals surface area contributed by atoms with Gasteiger partial charge < -0.3 is 10.2 Å². The van der Waals surface area contributed by atoms with Crippen LogP contribution in [0.2, 0.25) is 5.02 Å². The smallest absolute Gasteiger partial charge is 0.352 e. The van der Waals surface area contributed by atoms with Crippen molar-refractivity contribution in [2.75, 3.05) is 18.4 Å². The van der Waals surface area contributed by atoms with Crippen molar-refractivity contribution in [2.24, 2.45) is 5.92 Å². The van der Waals surface area contributed by atoms with Gasteiger partial charge in [-0.15, -0.1) is 0 Å². The van der Waals surface area contributed by atoms with Gasteiger partial charge in [-0.1, -0.05) is 18.5 Å². The number of aromatic nitrogens is 4. The lowest BCUT2D eigenvalue weighted by Gasteiger charge is -2.43. The largest absolute Gasteiger partial charge is 0.419 e. The molecule has 0 bridgehead atoms. The number of rotatable bonds is 5. The van der Waals surface area contributed by atoms with Crippen LogP contribution in [0.25, 0.3) is 11.4 Å². The molecule has 2 atom stereocenters. The number of alkyl halides is 5. The van der Waals surface area contributed by atoms with E-state index in [-0.39, 0.29) is 28.9 Å². The number of piperidine rings is 1. The second-order valence-electron chi connectivity index (χ2n) is 8.47. The molecule has 7 nitrogen and oxygen atoms in total. The Morgan fingerprint density at radius 3 is 2.47 bits per heavy atom. The van der Waals surface area contributed by atoms with Gasteiger partial charge in [0, 0.05) is 48.3 Å². The Hall–Kier alpha value is -3.41. The number of halogens is 6. The lowest BCUT2D eigenvalue weighted by molar-refractivity contribution is -0.138. The molecule has 4 rings (SSSR count). The second kappa shape index (κ2) is 9.92. The molecular weight excluding hydrogens is 507 g/mol. The van der Waals surface area contributed by atoms with E-state index in [2.05, 4.69) is 25.3 Å². The van der Waals surface area contributed by atoms with Crippen molar-refractivity contribution in [1.82, 2.24) is 24.8 Å². The van der Waals surface area contributed by atoms with E-state index in [4.69, 9.17) is 11.6 Å². The maximum Gasteiger partial charge on any atom is 0.419 e. The summed E-state index contributed by atoms with van der Waals surface area (Å²) in [6.45, 7) is 0.663. The van der Waals surface area contributed by atoms with Gasteiger partial charge in [-0.2, -0.15) is 13.2 Å². The number of hydrogen-bond donors (Lipinski definition) is 1. The third kappa shape index (κ3) is 5.69. The van der Waals surface area contributed by atoms with Crippen molar-refractivity contribution in [3.63, 3.8) is 0 Å². The third-order valence-corrected chi connectivity index (χ3v) is 6.04. The molecule has 3 aromatic rings. The highest BCUT2D eigenvalue weighted by atomic mass is 35.5. The predicted octanol–water partition coefficient (Wildman–Crippen LogP) is 5.20. The zero-order valence-electron chi connectivity index (χ0n) is 18.8. The number of hydrogen-bond acceptors (Lipinski definition) is 6. The van der Waals surface area contributed by atoms with Crippen molar-refractivity contribution in [3.05, 3.63) is 65.2 Å². The number of nitrogens with one attached hydrogen (secondary N) is 1. The summed E-state index contributed by atoms with van der Waals surface area (Å²) >= 11 is 6.13. The number of carbonyl (C=O) groups excluding carboxylic acids is 1. The summed E-state index contributed by atoms with van der Waals surface area (Å²) in [7, 11) is 0. The second-order valence-corrected chi connectivity index (χ2v) is 8.91. The van der Waals surface area contributed by atoms with Crippen LogP contribution in [0.1, 0.15) is 29.3 Å². The van der Waals surface area contributed by atoms with Crippen LogP contribution in [0.5, 0.6) is 0 Å². The van der Waals surface area contributed by atoms with E-state index in [0.29, 0.717) is 18.0 Å². The van der Waals surface area contributed by atoms with Gasteiger partial charge in [-0.25, -0.2) is 28.7 Å². The first-order chi connectivity index (χ1) is 16.9. The van der Waals surface area contributed by atoms with Crippen molar-refractivity contribution < 1.29 is 26.7 Å². The van der Waals surface area contributed by atoms with Crippen LogP contribution in [0.3, 0.4) is 0 Å². The topological polar surface area (TPSA) is 83.9 Å². The average molecular weight is 527 g/mol. The van der Waals surface area contributed by atoms with Crippen LogP contribution < -0.4 is 5.32 Å². The summed E-state index contributed by atoms with van der Waals surface area (Å²) < 4.78 is 67.5. The molecule has 36 heavy (non-hydrogen) atoms.